The fourth-order valence-electron chi connectivity index (χ4n) is 4.51. The molecule has 0 aliphatic carbocycles. The van der Waals surface area contributed by atoms with Crippen molar-refractivity contribution in [2.75, 3.05) is 19.6 Å². The number of hydrogen-bond acceptors (Lipinski definition) is 4. The van der Waals surface area contributed by atoms with Gasteiger partial charge in [0.2, 0.25) is 10.0 Å². The molecule has 2 aliphatic rings. The molecular formula is C24H31FN2O3S. The average Bonchev–Trinajstić information content (AvgIpc) is 2.97. The second kappa shape index (κ2) is 9.27. The van der Waals surface area contributed by atoms with E-state index in [1.807, 2.05) is 18.2 Å². The molecule has 2 aromatic carbocycles. The second-order valence-corrected chi connectivity index (χ2v) is 10.8. The number of nitrogens with zero attached hydrogens (tertiary/aromatic N) is 2. The minimum absolute atomic E-state index is 0.202. The summed E-state index contributed by atoms with van der Waals surface area (Å²) in [6.07, 6.45) is 1.92. The Hall–Kier alpha value is -1.96. The fraction of sp³-hybridized carbons (Fsp3) is 0.500. The smallest absolute Gasteiger partial charge is 0.247 e. The molecule has 0 radical (unpaired) electrons. The van der Waals surface area contributed by atoms with E-state index in [1.54, 1.807) is 28.6 Å². The largest absolute Gasteiger partial charge is 0.487 e. The molecule has 7 heteroatoms. The normalized spacial score (nSPS) is 24.0. The molecule has 2 atom stereocenters. The van der Waals surface area contributed by atoms with E-state index in [1.165, 1.54) is 6.07 Å². The summed E-state index contributed by atoms with van der Waals surface area (Å²) in [5.74, 6) is 0.635. The predicted molar refractivity (Wildman–Crippen MR) is 119 cm³/mol. The summed E-state index contributed by atoms with van der Waals surface area (Å²) in [7, 11) is -3.65. The maximum Gasteiger partial charge on any atom is 0.247 e. The molecule has 0 aromatic heterocycles. The number of rotatable bonds is 5. The van der Waals surface area contributed by atoms with Crippen LogP contribution in [-0.2, 0) is 16.6 Å². The zero-order valence-electron chi connectivity index (χ0n) is 18.2. The van der Waals surface area contributed by atoms with Crippen LogP contribution in [0.1, 0.15) is 38.7 Å². The van der Waals surface area contributed by atoms with Gasteiger partial charge in [-0.3, -0.25) is 4.90 Å². The summed E-state index contributed by atoms with van der Waals surface area (Å²) >= 11 is 0. The Morgan fingerprint density at radius 3 is 2.55 bits per heavy atom. The van der Waals surface area contributed by atoms with Crippen molar-refractivity contribution in [2.45, 2.75) is 56.7 Å². The van der Waals surface area contributed by atoms with E-state index in [2.05, 4.69) is 18.7 Å². The highest BCUT2D eigenvalue weighted by molar-refractivity contribution is 7.89. The maximum absolute atomic E-state index is 14.2. The van der Waals surface area contributed by atoms with E-state index in [-0.39, 0.29) is 22.9 Å². The third-order valence-corrected chi connectivity index (χ3v) is 8.23. The zero-order valence-corrected chi connectivity index (χ0v) is 19.0. The number of hydrogen-bond donors (Lipinski definition) is 0. The molecule has 0 amide bonds. The summed E-state index contributed by atoms with van der Waals surface area (Å²) in [6.45, 7) is 6.64. The van der Waals surface area contributed by atoms with Crippen LogP contribution in [-0.4, -0.2) is 49.4 Å². The maximum atomic E-state index is 14.2. The van der Waals surface area contributed by atoms with Gasteiger partial charge in [0.25, 0.3) is 0 Å². The Kier molecular flexibility index (Phi) is 6.65. The van der Waals surface area contributed by atoms with E-state index >= 15 is 0 Å². The number of halogens is 1. The van der Waals surface area contributed by atoms with Gasteiger partial charge in [-0.15, -0.1) is 0 Å². The molecule has 5 nitrogen and oxygen atoms in total. The highest BCUT2D eigenvalue weighted by Gasteiger charge is 2.43. The van der Waals surface area contributed by atoms with Crippen LogP contribution >= 0.6 is 0 Å². The summed E-state index contributed by atoms with van der Waals surface area (Å²) < 4.78 is 49.4. The van der Waals surface area contributed by atoms with Crippen LogP contribution in [0, 0.1) is 11.7 Å². The van der Waals surface area contributed by atoms with Crippen molar-refractivity contribution in [3.8, 4) is 5.75 Å². The van der Waals surface area contributed by atoms with Crippen LogP contribution in [0.2, 0.25) is 0 Å². The molecular weight excluding hydrogens is 415 g/mol. The van der Waals surface area contributed by atoms with Gasteiger partial charge in [0.1, 0.15) is 22.6 Å². The first-order valence-electron chi connectivity index (χ1n) is 11.1. The Bertz CT molecular complexity index is 1010. The van der Waals surface area contributed by atoms with Gasteiger partial charge in [0.05, 0.1) is 6.04 Å². The summed E-state index contributed by atoms with van der Waals surface area (Å²) in [5.41, 5.74) is 0.667. The van der Waals surface area contributed by atoms with Crippen molar-refractivity contribution in [3.63, 3.8) is 0 Å². The van der Waals surface area contributed by atoms with Gasteiger partial charge < -0.3 is 4.74 Å². The molecule has 168 valence electrons. The van der Waals surface area contributed by atoms with E-state index in [4.69, 9.17) is 4.74 Å². The molecule has 2 aromatic rings. The fourth-order valence-corrected chi connectivity index (χ4v) is 6.32. The summed E-state index contributed by atoms with van der Waals surface area (Å²) in [6, 6.07) is 13.6. The van der Waals surface area contributed by atoms with E-state index in [9.17, 15) is 12.8 Å². The first kappa shape index (κ1) is 22.2. The first-order chi connectivity index (χ1) is 14.9. The lowest BCUT2D eigenvalue weighted by Gasteiger charge is -2.32. The third-order valence-electron chi connectivity index (χ3n) is 6.26. The Morgan fingerprint density at radius 2 is 1.77 bits per heavy atom. The van der Waals surface area contributed by atoms with Crippen LogP contribution in [0.15, 0.2) is 53.4 Å². The van der Waals surface area contributed by atoms with Crippen LogP contribution in [0.5, 0.6) is 5.75 Å². The van der Waals surface area contributed by atoms with Gasteiger partial charge in [0, 0.05) is 31.7 Å². The first-order valence-corrected chi connectivity index (χ1v) is 12.5. The zero-order chi connectivity index (χ0) is 22.0. The Balaban J connectivity index is 1.62. The van der Waals surface area contributed by atoms with Crippen molar-refractivity contribution in [1.29, 1.82) is 0 Å². The van der Waals surface area contributed by atoms with Crippen LogP contribution in [0.25, 0.3) is 0 Å². The van der Waals surface area contributed by atoms with Crippen LogP contribution in [0.3, 0.4) is 0 Å². The molecule has 0 N–H and O–H groups in total. The molecule has 2 aliphatic heterocycles. The van der Waals surface area contributed by atoms with Crippen molar-refractivity contribution in [3.05, 3.63) is 59.9 Å². The molecule has 0 spiro atoms. The molecule has 1 fully saturated rings. The van der Waals surface area contributed by atoms with E-state index in [0.717, 1.165) is 13.0 Å². The lowest BCUT2D eigenvalue weighted by molar-refractivity contribution is 0.111. The minimum Gasteiger partial charge on any atom is -0.487 e. The van der Waals surface area contributed by atoms with Crippen molar-refractivity contribution in [1.82, 2.24) is 9.21 Å². The third kappa shape index (κ3) is 4.78. The lowest BCUT2D eigenvalue weighted by Crippen LogP contribution is -2.47. The highest BCUT2D eigenvalue weighted by Crippen LogP contribution is 2.36. The van der Waals surface area contributed by atoms with Crippen LogP contribution < -0.4 is 4.74 Å². The van der Waals surface area contributed by atoms with E-state index < -0.39 is 10.0 Å². The number of likely N-dealkylation sites (tertiary alicyclic amines) is 1. The summed E-state index contributed by atoms with van der Waals surface area (Å²) in [4.78, 5) is 2.46. The second-order valence-electron chi connectivity index (χ2n) is 8.91. The SMILES string of the molecule is CC(C)CCN1[C@H]2CCN(Cc3ccccc3F)CC[C@@H]2Oc2ccccc2S1(=O)=O. The van der Waals surface area contributed by atoms with Gasteiger partial charge in [-0.05, 0) is 43.4 Å². The minimum atomic E-state index is -3.65. The molecule has 1 saturated heterocycles. The van der Waals surface area contributed by atoms with Crippen molar-refractivity contribution in [2.24, 2.45) is 5.92 Å². The molecule has 0 unspecified atom stereocenters. The number of sulfonamides is 1. The number of para-hydroxylation sites is 1. The van der Waals surface area contributed by atoms with Gasteiger partial charge in [-0.2, -0.15) is 4.31 Å². The lowest BCUT2D eigenvalue weighted by atomic mass is 10.0. The topological polar surface area (TPSA) is 49.9 Å². The Labute approximate surface area is 184 Å². The summed E-state index contributed by atoms with van der Waals surface area (Å²) in [5, 5.41) is 0. The standard InChI is InChI=1S/C24H31FN2O3S/c1-18(2)11-16-27-21-12-14-26(17-19-7-3-4-8-20(19)25)15-13-22(21)30-23-9-5-6-10-24(23)31(27,28)29/h3-10,18,21-22H,11-17H2,1-2H3/t21-,22-/m0/s1. The van der Waals surface area contributed by atoms with E-state index in [0.29, 0.717) is 49.7 Å². The molecule has 0 bridgehead atoms. The van der Waals surface area contributed by atoms with Gasteiger partial charge in [0.15, 0.2) is 0 Å². The Morgan fingerprint density at radius 1 is 1.06 bits per heavy atom. The molecule has 31 heavy (non-hydrogen) atoms. The van der Waals surface area contributed by atoms with Crippen molar-refractivity contribution < 1.29 is 17.5 Å². The monoisotopic (exact) mass is 446 g/mol. The number of fused-ring (bicyclic) bond motifs is 2. The van der Waals surface area contributed by atoms with Gasteiger partial charge >= 0.3 is 0 Å². The predicted octanol–water partition coefficient (Wildman–Crippen LogP) is 4.29. The van der Waals surface area contributed by atoms with Crippen LogP contribution in [0.4, 0.5) is 4.39 Å². The highest BCUT2D eigenvalue weighted by atomic mass is 32.2. The number of ether oxygens (including phenoxy) is 1. The average molecular weight is 447 g/mol. The number of benzene rings is 2. The van der Waals surface area contributed by atoms with Gasteiger partial charge in [-0.25, -0.2) is 12.8 Å². The molecule has 0 saturated carbocycles. The van der Waals surface area contributed by atoms with Gasteiger partial charge in [-0.1, -0.05) is 44.2 Å². The van der Waals surface area contributed by atoms with Crippen molar-refractivity contribution >= 4 is 10.0 Å². The quantitative estimate of drug-likeness (QED) is 0.688. The molecule has 2 heterocycles. The molecule has 4 rings (SSSR count).